The average Bonchev–Trinajstić information content (AvgIpc) is 3.10. The number of ether oxygens (including phenoxy) is 2. The maximum atomic E-state index is 12.4. The van der Waals surface area contributed by atoms with Gasteiger partial charge in [-0.05, 0) is 51.2 Å². The molecule has 0 bridgehead atoms. The zero-order valence-electron chi connectivity index (χ0n) is 34.3. The van der Waals surface area contributed by atoms with Crippen LogP contribution in [0.25, 0.3) is 0 Å². The Morgan fingerprint density at radius 2 is 0.900 bits per heavy atom. The second kappa shape index (κ2) is 37.6. The summed E-state index contributed by atoms with van der Waals surface area (Å²) in [6.07, 6.45) is 43.0. The minimum atomic E-state index is -1.88. The number of unbranched alkanes of at least 4 members (excludes halogenated alkanes) is 26. The second-order valence-electron chi connectivity index (χ2n) is 15.6. The molecule has 0 aromatic rings. The van der Waals surface area contributed by atoms with E-state index in [2.05, 4.69) is 39.1 Å². The van der Waals surface area contributed by atoms with Crippen LogP contribution in [0.1, 0.15) is 220 Å². The number of carbonyl (C=O) groups excluding carboxylic acids is 2. The van der Waals surface area contributed by atoms with Crippen LogP contribution in [0.2, 0.25) is 19.1 Å². The van der Waals surface area contributed by atoms with Gasteiger partial charge in [-0.15, -0.1) is 0 Å². The molecule has 1 atom stereocenters. The van der Waals surface area contributed by atoms with E-state index in [4.69, 9.17) is 13.9 Å². The maximum absolute atomic E-state index is 12.4. The molecule has 0 aliphatic rings. The average molecular weight is 723 g/mol. The van der Waals surface area contributed by atoms with Crippen molar-refractivity contribution in [3.8, 4) is 0 Å². The fourth-order valence-electron chi connectivity index (χ4n) is 6.47. The van der Waals surface area contributed by atoms with Crippen molar-refractivity contribution in [2.45, 2.75) is 245 Å². The van der Waals surface area contributed by atoms with E-state index in [0.29, 0.717) is 19.4 Å². The van der Waals surface area contributed by atoms with Gasteiger partial charge in [0.15, 0.2) is 14.4 Å². The van der Waals surface area contributed by atoms with Gasteiger partial charge in [0, 0.05) is 12.8 Å². The van der Waals surface area contributed by atoms with Crippen LogP contribution in [0.15, 0.2) is 12.2 Å². The molecule has 0 aromatic carbocycles. The molecule has 50 heavy (non-hydrogen) atoms. The van der Waals surface area contributed by atoms with Crippen LogP contribution in [-0.2, 0) is 23.5 Å². The van der Waals surface area contributed by atoms with Gasteiger partial charge in [0.05, 0.1) is 6.61 Å². The summed E-state index contributed by atoms with van der Waals surface area (Å²) in [5.74, 6) is -0.478. The van der Waals surface area contributed by atoms with Crippen molar-refractivity contribution < 1.29 is 23.5 Å². The Labute approximate surface area is 313 Å². The minimum absolute atomic E-state index is 0.0825. The molecule has 0 fully saturated rings. The summed E-state index contributed by atoms with van der Waals surface area (Å²) in [4.78, 5) is 24.5. The third-order valence-corrected chi connectivity index (χ3v) is 12.5. The summed E-state index contributed by atoms with van der Waals surface area (Å²) >= 11 is 0. The van der Waals surface area contributed by atoms with Gasteiger partial charge in [-0.25, -0.2) is 0 Å². The van der Waals surface area contributed by atoms with Crippen molar-refractivity contribution in [3.05, 3.63) is 12.2 Å². The quantitative estimate of drug-likeness (QED) is 0.0274. The normalized spacial score (nSPS) is 12.5. The standard InChI is InChI=1S/C44H86O5Si/c1-6-9-11-13-15-17-19-21-23-25-27-29-31-33-35-37-39-50(4,5)48-41-42(49-43(45)8-3)40-47-44(46)38-36-34-32-30-28-26-24-22-20-18-16-14-12-10-7-2/h22,24,42H,6-21,23,25-41H2,1-5H3/b24-22-. The number of esters is 2. The van der Waals surface area contributed by atoms with Gasteiger partial charge >= 0.3 is 11.9 Å². The number of rotatable bonds is 39. The fraction of sp³-hybridized carbons (Fsp3) is 0.909. The van der Waals surface area contributed by atoms with Crippen molar-refractivity contribution in [2.75, 3.05) is 13.2 Å². The van der Waals surface area contributed by atoms with Gasteiger partial charge in [0.25, 0.3) is 0 Å². The summed E-state index contributed by atoms with van der Waals surface area (Å²) in [5, 5.41) is 0. The van der Waals surface area contributed by atoms with Crippen molar-refractivity contribution in [3.63, 3.8) is 0 Å². The highest BCUT2D eigenvalue weighted by molar-refractivity contribution is 6.71. The van der Waals surface area contributed by atoms with E-state index >= 15 is 0 Å². The summed E-state index contributed by atoms with van der Waals surface area (Å²) in [7, 11) is -1.88. The monoisotopic (exact) mass is 723 g/mol. The molecule has 0 spiro atoms. The molecule has 0 aromatic heterocycles. The zero-order valence-corrected chi connectivity index (χ0v) is 35.3. The van der Waals surface area contributed by atoms with Gasteiger partial charge in [-0.1, -0.05) is 187 Å². The molecular weight excluding hydrogens is 637 g/mol. The third kappa shape index (κ3) is 36.6. The Bertz CT molecular complexity index is 768. The van der Waals surface area contributed by atoms with Crippen LogP contribution in [0.3, 0.4) is 0 Å². The van der Waals surface area contributed by atoms with Crippen LogP contribution in [-0.4, -0.2) is 39.6 Å². The van der Waals surface area contributed by atoms with Gasteiger partial charge in [0.2, 0.25) is 0 Å². The third-order valence-electron chi connectivity index (χ3n) is 9.95. The number of carbonyl (C=O) groups is 2. The summed E-state index contributed by atoms with van der Waals surface area (Å²) in [6, 6.07) is 1.11. The number of hydrogen-bond donors (Lipinski definition) is 0. The lowest BCUT2D eigenvalue weighted by molar-refractivity contribution is -0.160. The molecule has 0 N–H and O–H groups in total. The summed E-state index contributed by atoms with van der Waals surface area (Å²) < 4.78 is 17.5. The predicted molar refractivity (Wildman–Crippen MR) is 218 cm³/mol. The highest BCUT2D eigenvalue weighted by Crippen LogP contribution is 2.19. The minimum Gasteiger partial charge on any atom is -0.462 e. The van der Waals surface area contributed by atoms with E-state index in [-0.39, 0.29) is 18.5 Å². The second-order valence-corrected chi connectivity index (χ2v) is 19.9. The Morgan fingerprint density at radius 1 is 0.500 bits per heavy atom. The zero-order chi connectivity index (χ0) is 36.8. The van der Waals surface area contributed by atoms with Gasteiger partial charge in [0.1, 0.15) is 6.61 Å². The molecule has 0 rings (SSSR count). The van der Waals surface area contributed by atoms with Crippen LogP contribution < -0.4 is 0 Å². The molecule has 5 nitrogen and oxygen atoms in total. The van der Waals surface area contributed by atoms with Crippen LogP contribution >= 0.6 is 0 Å². The van der Waals surface area contributed by atoms with Crippen LogP contribution in [0.5, 0.6) is 0 Å². The van der Waals surface area contributed by atoms with Crippen LogP contribution in [0, 0.1) is 0 Å². The Balaban J connectivity index is 3.92. The molecule has 0 aliphatic heterocycles. The van der Waals surface area contributed by atoms with Crippen molar-refractivity contribution in [2.24, 2.45) is 0 Å². The van der Waals surface area contributed by atoms with Gasteiger partial charge in [-0.3, -0.25) is 9.59 Å². The molecule has 0 amide bonds. The Kier molecular flexibility index (Phi) is 36.7. The lowest BCUT2D eigenvalue weighted by Crippen LogP contribution is -2.37. The highest BCUT2D eigenvalue weighted by Gasteiger charge is 2.25. The molecule has 0 saturated carbocycles. The molecule has 0 saturated heterocycles. The highest BCUT2D eigenvalue weighted by atomic mass is 28.4. The number of allylic oxidation sites excluding steroid dienone is 2. The van der Waals surface area contributed by atoms with E-state index in [0.717, 1.165) is 31.7 Å². The predicted octanol–water partition coefficient (Wildman–Crippen LogP) is 14.4. The van der Waals surface area contributed by atoms with Gasteiger partial charge in [-0.2, -0.15) is 0 Å². The van der Waals surface area contributed by atoms with E-state index in [9.17, 15) is 9.59 Å². The van der Waals surface area contributed by atoms with Crippen molar-refractivity contribution in [1.82, 2.24) is 0 Å². The molecule has 1 unspecified atom stereocenters. The van der Waals surface area contributed by atoms with E-state index in [1.807, 2.05) is 0 Å². The Hall–Kier alpha value is -1.14. The van der Waals surface area contributed by atoms with E-state index in [1.54, 1.807) is 6.92 Å². The van der Waals surface area contributed by atoms with Crippen LogP contribution in [0.4, 0.5) is 0 Å². The first-order valence-corrected chi connectivity index (χ1v) is 25.1. The largest absolute Gasteiger partial charge is 0.462 e. The molecular formula is C44H86O5Si. The first-order valence-electron chi connectivity index (χ1n) is 22.0. The molecule has 6 heteroatoms. The smallest absolute Gasteiger partial charge is 0.305 e. The van der Waals surface area contributed by atoms with Crippen molar-refractivity contribution in [1.29, 1.82) is 0 Å². The van der Waals surface area contributed by atoms with Gasteiger partial charge < -0.3 is 13.9 Å². The lowest BCUT2D eigenvalue weighted by Gasteiger charge is -2.26. The lowest BCUT2D eigenvalue weighted by atomic mass is 10.0. The summed E-state index contributed by atoms with van der Waals surface area (Å²) in [6.45, 7) is 11.2. The summed E-state index contributed by atoms with van der Waals surface area (Å²) in [5.41, 5.74) is 0. The first kappa shape index (κ1) is 48.9. The maximum Gasteiger partial charge on any atom is 0.305 e. The first-order chi connectivity index (χ1) is 24.3. The molecule has 0 heterocycles. The molecule has 296 valence electrons. The van der Waals surface area contributed by atoms with E-state index in [1.165, 1.54) is 161 Å². The SMILES string of the molecule is CCCCCCCC/C=C\CCCCCCCC(=O)OCC(CO[Si](C)(C)CCCCCCCCCCCCCCCCCC)OC(=O)CC. The fourth-order valence-corrected chi connectivity index (χ4v) is 8.36. The Morgan fingerprint density at radius 3 is 1.34 bits per heavy atom. The van der Waals surface area contributed by atoms with E-state index < -0.39 is 14.4 Å². The number of hydrogen-bond acceptors (Lipinski definition) is 5. The van der Waals surface area contributed by atoms with Crippen molar-refractivity contribution >= 4 is 20.3 Å². The molecule has 0 radical (unpaired) electrons. The molecule has 0 aliphatic carbocycles. The topological polar surface area (TPSA) is 61.8 Å².